The number of aromatic nitrogens is 2. The number of hydrogen-bond donors (Lipinski definition) is 2. The summed E-state index contributed by atoms with van der Waals surface area (Å²) in [7, 11) is 0. The Morgan fingerprint density at radius 3 is 2.81 bits per heavy atom. The predicted octanol–water partition coefficient (Wildman–Crippen LogP) is 2.25. The van der Waals surface area contributed by atoms with Crippen LogP contribution >= 0.6 is 0 Å². The Balaban J connectivity index is 2.06. The third kappa shape index (κ3) is 3.42. The minimum Gasteiger partial charge on any atom is -0.396 e. The van der Waals surface area contributed by atoms with Crippen LogP contribution in [0.2, 0.25) is 0 Å². The summed E-state index contributed by atoms with van der Waals surface area (Å²) in [5.41, 5.74) is 1.34. The Morgan fingerprint density at radius 1 is 1.38 bits per heavy atom. The van der Waals surface area contributed by atoms with E-state index in [4.69, 9.17) is 0 Å². The zero-order chi connectivity index (χ0) is 15.3. The first-order valence-electron chi connectivity index (χ1n) is 7.46. The van der Waals surface area contributed by atoms with Crippen LogP contribution in [-0.4, -0.2) is 33.6 Å². The van der Waals surface area contributed by atoms with Gasteiger partial charge in [0, 0.05) is 37.3 Å². The van der Waals surface area contributed by atoms with E-state index in [2.05, 4.69) is 24.1 Å². The molecule has 1 amide bonds. The minimum atomic E-state index is -0.0929. The van der Waals surface area contributed by atoms with Crippen molar-refractivity contribution in [3.63, 3.8) is 0 Å². The summed E-state index contributed by atoms with van der Waals surface area (Å²) in [5, 5.41) is 12.2. The Hall–Kier alpha value is -1.88. The number of aliphatic hydroxyl groups excluding tert-OH is 1. The Labute approximate surface area is 125 Å². The fourth-order valence-electron chi connectivity index (χ4n) is 2.60. The van der Waals surface area contributed by atoms with Crippen molar-refractivity contribution in [3.8, 4) is 0 Å². The van der Waals surface area contributed by atoms with Crippen molar-refractivity contribution in [1.82, 2.24) is 14.7 Å². The molecule has 2 aromatic heterocycles. The lowest BCUT2D eigenvalue weighted by molar-refractivity contribution is 0.0907. The molecule has 5 nitrogen and oxygen atoms in total. The zero-order valence-corrected chi connectivity index (χ0v) is 12.7. The van der Waals surface area contributed by atoms with Gasteiger partial charge in [0.15, 0.2) is 0 Å². The highest BCUT2D eigenvalue weighted by atomic mass is 16.3. The van der Waals surface area contributed by atoms with Gasteiger partial charge in [0.1, 0.15) is 5.65 Å². The maximum absolute atomic E-state index is 12.3. The molecule has 114 valence electrons. The maximum Gasteiger partial charge on any atom is 0.251 e. The standard InChI is InChI=1S/C16H23N3O2/c1-3-16(4-2,6-10-20)12-18-15(21)13-5-8-19-9-7-17-14(19)11-13/h5,7-9,11,20H,3-4,6,10,12H2,1-2H3,(H,18,21). The lowest BCUT2D eigenvalue weighted by Gasteiger charge is -2.31. The first kappa shape index (κ1) is 15.5. The zero-order valence-electron chi connectivity index (χ0n) is 12.7. The van der Waals surface area contributed by atoms with E-state index in [1.165, 1.54) is 0 Å². The lowest BCUT2D eigenvalue weighted by atomic mass is 9.79. The van der Waals surface area contributed by atoms with Crippen LogP contribution in [0.4, 0.5) is 0 Å². The quantitative estimate of drug-likeness (QED) is 0.821. The summed E-state index contributed by atoms with van der Waals surface area (Å²) in [6.07, 6.45) is 7.96. The van der Waals surface area contributed by atoms with Crippen LogP contribution in [0, 0.1) is 5.41 Å². The lowest BCUT2D eigenvalue weighted by Crippen LogP contribution is -2.37. The van der Waals surface area contributed by atoms with E-state index in [1.54, 1.807) is 18.3 Å². The fourth-order valence-corrected chi connectivity index (χ4v) is 2.60. The highest BCUT2D eigenvalue weighted by molar-refractivity contribution is 5.95. The van der Waals surface area contributed by atoms with E-state index in [0.717, 1.165) is 18.5 Å². The summed E-state index contributed by atoms with van der Waals surface area (Å²) >= 11 is 0. The number of rotatable bonds is 7. The Bertz CT molecular complexity index is 602. The SMILES string of the molecule is CCC(CC)(CCO)CNC(=O)c1ccn2ccnc2c1. The average Bonchev–Trinajstić information content (AvgIpc) is 2.98. The predicted molar refractivity (Wildman–Crippen MR) is 82.2 cm³/mol. The summed E-state index contributed by atoms with van der Waals surface area (Å²) in [6, 6.07) is 3.57. The van der Waals surface area contributed by atoms with Gasteiger partial charge in [-0.25, -0.2) is 4.98 Å². The number of carbonyl (C=O) groups is 1. The topological polar surface area (TPSA) is 66.6 Å². The number of imidazole rings is 1. The van der Waals surface area contributed by atoms with Crippen LogP contribution in [0.15, 0.2) is 30.7 Å². The molecule has 0 atom stereocenters. The van der Waals surface area contributed by atoms with Gasteiger partial charge in [-0.2, -0.15) is 0 Å². The Morgan fingerprint density at radius 2 is 2.14 bits per heavy atom. The number of fused-ring (bicyclic) bond motifs is 1. The molecule has 0 aromatic carbocycles. The van der Waals surface area contributed by atoms with E-state index in [-0.39, 0.29) is 17.9 Å². The molecule has 2 rings (SSSR count). The summed E-state index contributed by atoms with van der Waals surface area (Å²) < 4.78 is 1.87. The van der Waals surface area contributed by atoms with Gasteiger partial charge in [0.2, 0.25) is 0 Å². The number of pyridine rings is 1. The summed E-state index contributed by atoms with van der Waals surface area (Å²) in [6.45, 7) is 4.93. The van der Waals surface area contributed by atoms with Crippen LogP contribution in [0.3, 0.4) is 0 Å². The first-order chi connectivity index (χ1) is 10.1. The molecule has 0 spiro atoms. The molecule has 0 aliphatic heterocycles. The molecule has 0 bridgehead atoms. The van der Waals surface area contributed by atoms with Crippen LogP contribution in [0.25, 0.3) is 5.65 Å². The van der Waals surface area contributed by atoms with Crippen LogP contribution in [0.5, 0.6) is 0 Å². The average molecular weight is 289 g/mol. The number of nitrogens with zero attached hydrogens (tertiary/aromatic N) is 2. The van der Waals surface area contributed by atoms with Crippen molar-refractivity contribution in [2.24, 2.45) is 5.41 Å². The van der Waals surface area contributed by atoms with E-state index in [1.807, 2.05) is 16.8 Å². The second-order valence-electron chi connectivity index (χ2n) is 5.47. The van der Waals surface area contributed by atoms with E-state index < -0.39 is 0 Å². The van der Waals surface area contributed by atoms with Gasteiger partial charge in [-0.05, 0) is 36.8 Å². The van der Waals surface area contributed by atoms with Gasteiger partial charge in [-0.1, -0.05) is 13.8 Å². The third-order valence-electron chi connectivity index (χ3n) is 4.43. The van der Waals surface area contributed by atoms with Crippen molar-refractivity contribution in [2.45, 2.75) is 33.1 Å². The highest BCUT2D eigenvalue weighted by Gasteiger charge is 2.26. The van der Waals surface area contributed by atoms with Crippen molar-refractivity contribution in [3.05, 3.63) is 36.3 Å². The molecule has 0 fully saturated rings. The molecule has 0 aliphatic rings. The molecule has 2 aromatic rings. The molecule has 0 aliphatic carbocycles. The van der Waals surface area contributed by atoms with E-state index >= 15 is 0 Å². The van der Waals surface area contributed by atoms with Gasteiger partial charge in [0.05, 0.1) is 0 Å². The van der Waals surface area contributed by atoms with Crippen molar-refractivity contribution in [1.29, 1.82) is 0 Å². The third-order valence-corrected chi connectivity index (χ3v) is 4.43. The van der Waals surface area contributed by atoms with Gasteiger partial charge in [0.25, 0.3) is 5.91 Å². The molecule has 2 heterocycles. The maximum atomic E-state index is 12.3. The van der Waals surface area contributed by atoms with Gasteiger partial charge in [-0.15, -0.1) is 0 Å². The van der Waals surface area contributed by atoms with Crippen LogP contribution in [-0.2, 0) is 0 Å². The molecule has 2 N–H and O–H groups in total. The molecule has 0 saturated carbocycles. The number of aliphatic hydroxyl groups is 1. The number of carbonyl (C=O) groups excluding carboxylic acids is 1. The molecular formula is C16H23N3O2. The van der Waals surface area contributed by atoms with Crippen molar-refractivity contribution >= 4 is 11.6 Å². The fraction of sp³-hybridized carbons (Fsp3) is 0.500. The van der Waals surface area contributed by atoms with Crippen molar-refractivity contribution < 1.29 is 9.90 Å². The van der Waals surface area contributed by atoms with Gasteiger partial charge >= 0.3 is 0 Å². The van der Waals surface area contributed by atoms with Crippen LogP contribution < -0.4 is 5.32 Å². The van der Waals surface area contributed by atoms with Gasteiger partial charge in [-0.3, -0.25) is 4.79 Å². The summed E-state index contributed by atoms with van der Waals surface area (Å²) in [5.74, 6) is -0.0929. The monoisotopic (exact) mass is 289 g/mol. The van der Waals surface area contributed by atoms with E-state index in [9.17, 15) is 9.90 Å². The molecule has 21 heavy (non-hydrogen) atoms. The largest absolute Gasteiger partial charge is 0.396 e. The normalized spacial score (nSPS) is 11.8. The van der Waals surface area contributed by atoms with E-state index in [0.29, 0.717) is 18.5 Å². The second kappa shape index (κ2) is 6.72. The number of hydrogen-bond acceptors (Lipinski definition) is 3. The minimum absolute atomic E-state index is 0.0260. The number of amides is 1. The molecule has 5 heteroatoms. The smallest absolute Gasteiger partial charge is 0.251 e. The molecule has 0 saturated heterocycles. The molecular weight excluding hydrogens is 266 g/mol. The second-order valence-corrected chi connectivity index (χ2v) is 5.47. The molecule has 0 unspecified atom stereocenters. The van der Waals surface area contributed by atoms with Crippen LogP contribution in [0.1, 0.15) is 43.5 Å². The first-order valence-corrected chi connectivity index (χ1v) is 7.46. The van der Waals surface area contributed by atoms with Crippen molar-refractivity contribution in [2.75, 3.05) is 13.2 Å². The highest BCUT2D eigenvalue weighted by Crippen LogP contribution is 2.29. The summed E-state index contributed by atoms with van der Waals surface area (Å²) in [4.78, 5) is 16.5. The molecule has 0 radical (unpaired) electrons. The van der Waals surface area contributed by atoms with Gasteiger partial charge < -0.3 is 14.8 Å². The Kier molecular flexibility index (Phi) is 4.96. The number of nitrogens with one attached hydrogen (secondary N) is 1.